The molecule has 0 saturated carbocycles. The average molecular weight is 604 g/mol. The fraction of sp³-hybridized carbons (Fsp3) is 0.182. The highest BCUT2D eigenvalue weighted by Gasteiger charge is 2.24. The van der Waals surface area contributed by atoms with Crippen LogP contribution in [0.15, 0.2) is 64.1 Å². The standard InChI is InChI=1S/C22H19BrCl3N5O2S/c1-30(34(32,33)19-9-4-8-17(25)21(19)26)11-5-10-27-20-12-18(14-6-2-3-7-16(14)24)29-22-15(23)13-28-31(20)22/h2-4,6-9,12-13,27H,5,10-11H2,1H3. The summed E-state index contributed by atoms with van der Waals surface area (Å²) < 4.78 is 29.5. The van der Waals surface area contributed by atoms with Gasteiger partial charge in [-0.25, -0.2) is 17.7 Å². The van der Waals surface area contributed by atoms with Crippen LogP contribution in [0.4, 0.5) is 5.82 Å². The number of anilines is 1. The van der Waals surface area contributed by atoms with E-state index in [4.69, 9.17) is 34.8 Å². The highest BCUT2D eigenvalue weighted by molar-refractivity contribution is 9.10. The Bertz CT molecular complexity index is 1460. The van der Waals surface area contributed by atoms with Crippen molar-refractivity contribution < 1.29 is 8.42 Å². The molecule has 4 rings (SSSR count). The zero-order valence-corrected chi connectivity index (χ0v) is 22.5. The summed E-state index contributed by atoms with van der Waals surface area (Å²) >= 11 is 22.0. The Morgan fingerprint density at radius 3 is 2.59 bits per heavy atom. The number of rotatable bonds is 8. The van der Waals surface area contributed by atoms with Crippen LogP contribution in [0.2, 0.25) is 15.1 Å². The van der Waals surface area contributed by atoms with Gasteiger partial charge >= 0.3 is 0 Å². The summed E-state index contributed by atoms with van der Waals surface area (Å²) in [7, 11) is -2.26. The van der Waals surface area contributed by atoms with Gasteiger partial charge in [0.1, 0.15) is 10.7 Å². The van der Waals surface area contributed by atoms with Crippen LogP contribution in [-0.4, -0.2) is 47.5 Å². The van der Waals surface area contributed by atoms with Crippen LogP contribution in [0.25, 0.3) is 16.9 Å². The molecular weight excluding hydrogens is 585 g/mol. The highest BCUT2D eigenvalue weighted by Crippen LogP contribution is 2.31. The van der Waals surface area contributed by atoms with Gasteiger partial charge in [0.25, 0.3) is 0 Å². The van der Waals surface area contributed by atoms with Crippen LogP contribution in [-0.2, 0) is 10.0 Å². The molecule has 0 unspecified atom stereocenters. The summed E-state index contributed by atoms with van der Waals surface area (Å²) in [6.45, 7) is 0.758. The number of benzene rings is 2. The first-order chi connectivity index (χ1) is 16.2. The second-order valence-corrected chi connectivity index (χ2v) is 11.5. The topological polar surface area (TPSA) is 79.6 Å². The fourth-order valence-corrected chi connectivity index (χ4v) is 5.88. The number of halogens is 4. The van der Waals surface area contributed by atoms with Crippen LogP contribution >= 0.6 is 50.7 Å². The third-order valence-electron chi connectivity index (χ3n) is 5.14. The van der Waals surface area contributed by atoms with E-state index in [2.05, 4.69) is 31.3 Å². The van der Waals surface area contributed by atoms with Crippen LogP contribution in [0.1, 0.15) is 6.42 Å². The van der Waals surface area contributed by atoms with Gasteiger partial charge < -0.3 is 5.32 Å². The van der Waals surface area contributed by atoms with E-state index in [0.717, 1.165) is 10.0 Å². The quantitative estimate of drug-likeness (QED) is 0.241. The van der Waals surface area contributed by atoms with Crippen molar-refractivity contribution >= 4 is 72.2 Å². The second kappa shape index (κ2) is 10.4. The third-order valence-corrected chi connectivity index (χ3v) is 8.86. The lowest BCUT2D eigenvalue weighted by Gasteiger charge is -2.18. The van der Waals surface area contributed by atoms with Crippen LogP contribution in [0.3, 0.4) is 0 Å². The molecule has 0 spiro atoms. The molecule has 34 heavy (non-hydrogen) atoms. The van der Waals surface area contributed by atoms with Gasteiger partial charge in [0.15, 0.2) is 5.65 Å². The van der Waals surface area contributed by atoms with Crippen LogP contribution in [0.5, 0.6) is 0 Å². The molecule has 0 atom stereocenters. The maximum Gasteiger partial charge on any atom is 0.244 e. The first kappa shape index (κ1) is 25.2. The van der Waals surface area contributed by atoms with E-state index >= 15 is 0 Å². The molecule has 0 fully saturated rings. The van der Waals surface area contributed by atoms with E-state index in [1.165, 1.54) is 17.4 Å². The van der Waals surface area contributed by atoms with E-state index in [0.29, 0.717) is 35.1 Å². The maximum atomic E-state index is 12.9. The summed E-state index contributed by atoms with van der Waals surface area (Å²) in [5, 5.41) is 8.49. The van der Waals surface area contributed by atoms with Gasteiger partial charge in [-0.05, 0) is 40.5 Å². The van der Waals surface area contributed by atoms with Crippen molar-refractivity contribution in [1.82, 2.24) is 18.9 Å². The lowest BCUT2D eigenvalue weighted by molar-refractivity contribution is 0.465. The minimum atomic E-state index is -3.78. The fourth-order valence-electron chi connectivity index (χ4n) is 3.36. The second-order valence-electron chi connectivity index (χ2n) is 7.39. The predicted molar refractivity (Wildman–Crippen MR) is 141 cm³/mol. The molecule has 2 heterocycles. The monoisotopic (exact) mass is 601 g/mol. The number of nitrogens with zero attached hydrogens (tertiary/aromatic N) is 4. The number of fused-ring (bicyclic) bond motifs is 1. The number of sulfonamides is 1. The van der Waals surface area contributed by atoms with Gasteiger partial charge in [-0.3, -0.25) is 0 Å². The number of hydrogen-bond acceptors (Lipinski definition) is 5. The molecule has 0 radical (unpaired) electrons. The Labute approximate surface area is 220 Å². The van der Waals surface area contributed by atoms with Gasteiger partial charge in [0, 0.05) is 36.8 Å². The highest BCUT2D eigenvalue weighted by atomic mass is 79.9. The van der Waals surface area contributed by atoms with Crippen molar-refractivity contribution in [2.75, 3.05) is 25.5 Å². The van der Waals surface area contributed by atoms with Gasteiger partial charge in [-0.1, -0.05) is 59.1 Å². The minimum Gasteiger partial charge on any atom is -0.370 e. The normalized spacial score (nSPS) is 11.9. The minimum absolute atomic E-state index is 0.0151. The van der Waals surface area contributed by atoms with Crippen molar-refractivity contribution in [3.63, 3.8) is 0 Å². The molecule has 0 amide bonds. The zero-order valence-electron chi connectivity index (χ0n) is 17.8. The van der Waals surface area contributed by atoms with Crippen molar-refractivity contribution in [2.45, 2.75) is 11.3 Å². The molecule has 0 aliphatic rings. The Morgan fingerprint density at radius 1 is 1.09 bits per heavy atom. The molecule has 12 heteroatoms. The Hall–Kier alpha value is -1.88. The van der Waals surface area contributed by atoms with Crippen molar-refractivity contribution in [3.05, 3.63) is 74.3 Å². The van der Waals surface area contributed by atoms with E-state index in [-0.39, 0.29) is 21.5 Å². The SMILES string of the molecule is CN(CCCNc1cc(-c2ccccc2Cl)nc2c(Br)cnn12)S(=O)(=O)c1cccc(Cl)c1Cl. The first-order valence-corrected chi connectivity index (χ1v) is 13.5. The number of hydrogen-bond donors (Lipinski definition) is 1. The van der Waals surface area contributed by atoms with Crippen molar-refractivity contribution in [1.29, 1.82) is 0 Å². The molecular formula is C22H19BrCl3N5O2S. The molecule has 0 saturated heterocycles. The third kappa shape index (κ3) is 5.05. The molecule has 2 aromatic carbocycles. The van der Waals surface area contributed by atoms with E-state index in [1.807, 2.05) is 30.3 Å². The molecule has 1 N–H and O–H groups in total. The van der Waals surface area contributed by atoms with Gasteiger partial charge in [0.2, 0.25) is 10.0 Å². The molecule has 2 aromatic heterocycles. The number of aromatic nitrogens is 3. The molecule has 7 nitrogen and oxygen atoms in total. The smallest absolute Gasteiger partial charge is 0.244 e. The van der Waals surface area contributed by atoms with E-state index in [1.54, 1.807) is 22.8 Å². The van der Waals surface area contributed by atoms with E-state index in [9.17, 15) is 8.42 Å². The first-order valence-electron chi connectivity index (χ1n) is 10.1. The predicted octanol–water partition coefficient (Wildman–Crippen LogP) is 6.24. The summed E-state index contributed by atoms with van der Waals surface area (Å²) in [5.41, 5.74) is 2.12. The zero-order chi connectivity index (χ0) is 24.5. The molecule has 178 valence electrons. The lowest BCUT2D eigenvalue weighted by Crippen LogP contribution is -2.29. The Balaban J connectivity index is 1.50. The van der Waals surface area contributed by atoms with Gasteiger partial charge in [0.05, 0.1) is 26.4 Å². The Kier molecular flexibility index (Phi) is 7.71. The number of nitrogens with one attached hydrogen (secondary N) is 1. The van der Waals surface area contributed by atoms with Gasteiger partial charge in [-0.15, -0.1) is 0 Å². The maximum absolute atomic E-state index is 12.9. The molecule has 0 aliphatic heterocycles. The lowest BCUT2D eigenvalue weighted by atomic mass is 10.1. The average Bonchev–Trinajstić information content (AvgIpc) is 3.19. The van der Waals surface area contributed by atoms with Crippen LogP contribution in [0, 0.1) is 0 Å². The van der Waals surface area contributed by atoms with E-state index < -0.39 is 10.0 Å². The summed E-state index contributed by atoms with van der Waals surface area (Å²) in [4.78, 5) is 4.67. The van der Waals surface area contributed by atoms with Gasteiger partial charge in [-0.2, -0.15) is 9.61 Å². The van der Waals surface area contributed by atoms with Crippen LogP contribution < -0.4 is 5.32 Å². The molecule has 4 aromatic rings. The summed E-state index contributed by atoms with van der Waals surface area (Å²) in [6, 6.07) is 13.9. The van der Waals surface area contributed by atoms with Crippen molar-refractivity contribution in [2.24, 2.45) is 0 Å². The summed E-state index contributed by atoms with van der Waals surface area (Å²) in [6.07, 6.45) is 2.20. The summed E-state index contributed by atoms with van der Waals surface area (Å²) in [5.74, 6) is 0.703. The molecule has 0 aliphatic carbocycles. The molecule has 0 bridgehead atoms. The Morgan fingerprint density at radius 2 is 1.82 bits per heavy atom. The van der Waals surface area contributed by atoms with Crippen molar-refractivity contribution in [3.8, 4) is 11.3 Å². The largest absolute Gasteiger partial charge is 0.370 e.